The number of nitrogens with one attached hydrogen (secondary N) is 1. The van der Waals surface area contributed by atoms with Gasteiger partial charge in [-0.1, -0.05) is 60.1 Å². The maximum absolute atomic E-state index is 12.6. The van der Waals surface area contributed by atoms with Crippen molar-refractivity contribution < 1.29 is 19.1 Å². The topological polar surface area (TPSA) is 77.0 Å². The molecule has 0 saturated heterocycles. The SMILES string of the molecule is CC(Oc1ccc2ccccc2c1)C(=O)N/N=C/c1ccc(OC(=O)c2sc3ccccc3c2Cl)cc1. The van der Waals surface area contributed by atoms with E-state index in [2.05, 4.69) is 10.5 Å². The first-order valence-corrected chi connectivity index (χ1v) is 12.6. The summed E-state index contributed by atoms with van der Waals surface area (Å²) in [4.78, 5) is 25.4. The average molecular weight is 529 g/mol. The predicted octanol–water partition coefficient (Wildman–Crippen LogP) is 6.84. The molecule has 0 radical (unpaired) electrons. The van der Waals surface area contributed by atoms with Gasteiger partial charge in [-0.3, -0.25) is 4.79 Å². The standard InChI is InChI=1S/C29H21ClN2O4S/c1-18(35-23-15-12-20-6-2-3-7-21(20)16-23)28(33)32-31-17-19-10-13-22(14-11-19)36-29(34)27-26(30)24-8-4-5-9-25(24)37-27/h2-18H,1H3,(H,32,33)/b31-17+. The maximum atomic E-state index is 12.6. The molecule has 6 nitrogen and oxygen atoms in total. The molecule has 0 aliphatic carbocycles. The number of ether oxygens (including phenoxy) is 2. The summed E-state index contributed by atoms with van der Waals surface area (Å²) in [5.41, 5.74) is 3.19. The van der Waals surface area contributed by atoms with E-state index in [0.717, 1.165) is 20.9 Å². The summed E-state index contributed by atoms with van der Waals surface area (Å²) in [6.07, 6.45) is 0.760. The first kappa shape index (κ1) is 24.5. The van der Waals surface area contributed by atoms with Crippen molar-refractivity contribution in [1.82, 2.24) is 5.43 Å². The second kappa shape index (κ2) is 10.8. The second-order valence-electron chi connectivity index (χ2n) is 8.20. The molecular weight excluding hydrogens is 508 g/mol. The second-order valence-corrected chi connectivity index (χ2v) is 9.63. The molecule has 5 rings (SSSR count). The molecule has 0 fully saturated rings. The van der Waals surface area contributed by atoms with Crippen LogP contribution >= 0.6 is 22.9 Å². The summed E-state index contributed by atoms with van der Waals surface area (Å²) < 4.78 is 12.2. The molecule has 1 heterocycles. The van der Waals surface area contributed by atoms with Crippen molar-refractivity contribution in [1.29, 1.82) is 0 Å². The van der Waals surface area contributed by atoms with E-state index in [-0.39, 0.29) is 5.91 Å². The molecule has 1 amide bonds. The summed E-state index contributed by atoms with van der Waals surface area (Å²) in [6.45, 7) is 1.66. The molecule has 1 N–H and O–H groups in total. The summed E-state index contributed by atoms with van der Waals surface area (Å²) in [5.74, 6) is 0.0833. The lowest BCUT2D eigenvalue weighted by molar-refractivity contribution is -0.127. The highest BCUT2D eigenvalue weighted by molar-refractivity contribution is 7.21. The van der Waals surface area contributed by atoms with E-state index >= 15 is 0 Å². The van der Waals surface area contributed by atoms with Gasteiger partial charge < -0.3 is 9.47 Å². The number of carbonyl (C=O) groups is 2. The number of halogens is 1. The number of thiophene rings is 1. The Balaban J connectivity index is 1.15. The fraction of sp³-hybridized carbons (Fsp3) is 0.0690. The van der Waals surface area contributed by atoms with Crippen molar-refractivity contribution in [3.05, 3.63) is 106 Å². The number of amides is 1. The molecule has 0 aliphatic rings. The zero-order valence-corrected chi connectivity index (χ0v) is 21.3. The Kier molecular flexibility index (Phi) is 7.16. The van der Waals surface area contributed by atoms with E-state index < -0.39 is 12.1 Å². The zero-order chi connectivity index (χ0) is 25.8. The van der Waals surface area contributed by atoms with Gasteiger partial charge in [-0.15, -0.1) is 11.3 Å². The highest BCUT2D eigenvalue weighted by atomic mass is 35.5. The lowest BCUT2D eigenvalue weighted by Crippen LogP contribution is -2.33. The fourth-order valence-corrected chi connectivity index (χ4v) is 5.07. The number of esters is 1. The van der Waals surface area contributed by atoms with Gasteiger partial charge in [0.05, 0.1) is 11.2 Å². The van der Waals surface area contributed by atoms with Crippen LogP contribution in [0.25, 0.3) is 20.9 Å². The molecule has 1 unspecified atom stereocenters. The van der Waals surface area contributed by atoms with Gasteiger partial charge in [0.1, 0.15) is 16.4 Å². The molecule has 8 heteroatoms. The monoisotopic (exact) mass is 528 g/mol. The van der Waals surface area contributed by atoms with Gasteiger partial charge in [0.15, 0.2) is 6.10 Å². The highest BCUT2D eigenvalue weighted by Gasteiger charge is 2.19. The molecule has 0 spiro atoms. The summed E-state index contributed by atoms with van der Waals surface area (Å²) in [6, 6.07) is 27.9. The van der Waals surface area contributed by atoms with Crippen LogP contribution in [-0.4, -0.2) is 24.2 Å². The summed E-state index contributed by atoms with van der Waals surface area (Å²) in [7, 11) is 0. The Labute approximate surface area is 222 Å². The first-order valence-electron chi connectivity index (χ1n) is 11.5. The van der Waals surface area contributed by atoms with Crippen LogP contribution in [0.2, 0.25) is 5.02 Å². The minimum Gasteiger partial charge on any atom is -0.481 e. The molecule has 37 heavy (non-hydrogen) atoms. The van der Waals surface area contributed by atoms with Crippen LogP contribution in [-0.2, 0) is 4.79 Å². The van der Waals surface area contributed by atoms with Crippen molar-refractivity contribution in [2.24, 2.45) is 5.10 Å². The number of hydrazone groups is 1. The Morgan fingerprint density at radius 2 is 1.62 bits per heavy atom. The van der Waals surface area contributed by atoms with Crippen molar-refractivity contribution >= 4 is 61.9 Å². The minimum absolute atomic E-state index is 0.358. The van der Waals surface area contributed by atoms with Crippen molar-refractivity contribution in [3.63, 3.8) is 0 Å². The van der Waals surface area contributed by atoms with Crippen LogP contribution in [0.5, 0.6) is 11.5 Å². The van der Waals surface area contributed by atoms with Crippen LogP contribution in [0.1, 0.15) is 22.2 Å². The van der Waals surface area contributed by atoms with Gasteiger partial charge in [-0.2, -0.15) is 5.10 Å². The van der Waals surface area contributed by atoms with Crippen molar-refractivity contribution in [3.8, 4) is 11.5 Å². The summed E-state index contributed by atoms with van der Waals surface area (Å²) in [5, 5.41) is 7.35. The van der Waals surface area contributed by atoms with Crippen LogP contribution in [0.3, 0.4) is 0 Å². The minimum atomic E-state index is -0.735. The van der Waals surface area contributed by atoms with Gasteiger partial charge in [-0.05, 0) is 65.7 Å². The fourth-order valence-electron chi connectivity index (χ4n) is 3.68. The van der Waals surface area contributed by atoms with Crippen LogP contribution in [0, 0.1) is 0 Å². The van der Waals surface area contributed by atoms with Gasteiger partial charge >= 0.3 is 5.97 Å². The van der Waals surface area contributed by atoms with Crippen LogP contribution in [0.4, 0.5) is 0 Å². The highest BCUT2D eigenvalue weighted by Crippen LogP contribution is 2.35. The molecule has 0 saturated carbocycles. The largest absolute Gasteiger partial charge is 0.481 e. The van der Waals surface area contributed by atoms with Crippen LogP contribution in [0.15, 0.2) is 96.1 Å². The smallest absolute Gasteiger partial charge is 0.355 e. The molecule has 1 atom stereocenters. The number of fused-ring (bicyclic) bond motifs is 2. The van der Waals surface area contributed by atoms with Gasteiger partial charge in [0.25, 0.3) is 5.91 Å². The molecule has 4 aromatic carbocycles. The average Bonchev–Trinajstić information content (AvgIpc) is 3.26. The number of carbonyl (C=O) groups excluding carboxylic acids is 2. The number of hydrogen-bond acceptors (Lipinski definition) is 6. The molecule has 0 aliphatic heterocycles. The van der Waals surface area contributed by atoms with Crippen molar-refractivity contribution in [2.75, 3.05) is 0 Å². The van der Waals surface area contributed by atoms with E-state index in [0.29, 0.717) is 27.0 Å². The third kappa shape index (κ3) is 5.63. The number of benzene rings is 4. The normalized spacial score (nSPS) is 12.1. The third-order valence-electron chi connectivity index (χ3n) is 5.60. The van der Waals surface area contributed by atoms with Crippen molar-refractivity contribution in [2.45, 2.75) is 13.0 Å². The third-order valence-corrected chi connectivity index (χ3v) is 7.26. The van der Waals surface area contributed by atoms with E-state index in [4.69, 9.17) is 21.1 Å². The number of hydrogen-bond donors (Lipinski definition) is 1. The predicted molar refractivity (Wildman–Crippen MR) is 148 cm³/mol. The molecular formula is C29H21ClN2O4S. The Morgan fingerprint density at radius 1 is 0.919 bits per heavy atom. The maximum Gasteiger partial charge on any atom is 0.355 e. The molecule has 184 valence electrons. The Morgan fingerprint density at radius 3 is 2.41 bits per heavy atom. The Bertz CT molecular complexity index is 1630. The van der Waals surface area contributed by atoms with Crippen LogP contribution < -0.4 is 14.9 Å². The lowest BCUT2D eigenvalue weighted by atomic mass is 10.1. The lowest BCUT2D eigenvalue weighted by Gasteiger charge is -2.13. The zero-order valence-electron chi connectivity index (χ0n) is 19.7. The van der Waals surface area contributed by atoms with E-state index in [1.807, 2.05) is 66.7 Å². The van der Waals surface area contributed by atoms with Gasteiger partial charge in [-0.25, -0.2) is 10.2 Å². The summed E-state index contributed by atoms with van der Waals surface area (Å²) >= 11 is 7.66. The molecule has 1 aromatic heterocycles. The number of nitrogens with zero attached hydrogens (tertiary/aromatic N) is 1. The number of rotatable bonds is 7. The molecule has 5 aromatic rings. The Hall–Kier alpha value is -4.20. The van der Waals surface area contributed by atoms with Gasteiger partial charge in [0, 0.05) is 10.1 Å². The first-order chi connectivity index (χ1) is 18.0. The van der Waals surface area contributed by atoms with Gasteiger partial charge in [0.2, 0.25) is 0 Å². The molecule has 0 bridgehead atoms. The van der Waals surface area contributed by atoms with E-state index in [1.165, 1.54) is 17.6 Å². The van der Waals surface area contributed by atoms with E-state index in [9.17, 15) is 9.59 Å². The quantitative estimate of drug-likeness (QED) is 0.108. The van der Waals surface area contributed by atoms with E-state index in [1.54, 1.807) is 31.2 Å².